The zero-order chi connectivity index (χ0) is 18.0. The van der Waals surface area contributed by atoms with E-state index in [0.717, 1.165) is 23.0 Å². The van der Waals surface area contributed by atoms with Gasteiger partial charge >= 0.3 is 0 Å². The van der Waals surface area contributed by atoms with Crippen LogP contribution in [0, 0.1) is 17.0 Å². The van der Waals surface area contributed by atoms with Gasteiger partial charge in [0.2, 0.25) is 5.16 Å². The van der Waals surface area contributed by atoms with Crippen molar-refractivity contribution in [3.8, 4) is 5.69 Å². The molecule has 0 saturated carbocycles. The average Bonchev–Trinajstić information content (AvgIpc) is 3.03. The summed E-state index contributed by atoms with van der Waals surface area (Å²) in [5.41, 5.74) is 1.98. The van der Waals surface area contributed by atoms with Gasteiger partial charge in [0.05, 0.1) is 15.5 Å². The quantitative estimate of drug-likeness (QED) is 0.393. The molecule has 9 heteroatoms. The van der Waals surface area contributed by atoms with E-state index in [1.807, 2.05) is 31.2 Å². The predicted octanol–water partition coefficient (Wildman–Crippen LogP) is 3.23. The van der Waals surface area contributed by atoms with Crippen LogP contribution in [0.5, 0.6) is 0 Å². The zero-order valence-corrected chi connectivity index (χ0v) is 14.2. The van der Waals surface area contributed by atoms with E-state index in [2.05, 4.69) is 15.5 Å². The molecule has 3 aromatic rings. The van der Waals surface area contributed by atoms with Gasteiger partial charge in [-0.2, -0.15) is 4.68 Å². The van der Waals surface area contributed by atoms with E-state index in [9.17, 15) is 14.9 Å². The van der Waals surface area contributed by atoms with E-state index in [1.165, 1.54) is 23.7 Å². The fourth-order valence-electron chi connectivity index (χ4n) is 2.15. The van der Waals surface area contributed by atoms with Crippen molar-refractivity contribution < 1.29 is 9.72 Å². The van der Waals surface area contributed by atoms with Crippen LogP contribution in [-0.2, 0) is 0 Å². The molecule has 8 nitrogen and oxygen atoms in total. The summed E-state index contributed by atoms with van der Waals surface area (Å²) >= 11 is 1.07. The lowest BCUT2D eigenvalue weighted by Crippen LogP contribution is -2.00. The number of Topliss-reactive ketones (excluding diaryl/α,β-unsaturated/α-hetero) is 1. The molecular formula is C16H13N5O3S. The van der Waals surface area contributed by atoms with Crippen molar-refractivity contribution in [2.24, 2.45) is 0 Å². The van der Waals surface area contributed by atoms with Gasteiger partial charge in [-0.1, -0.05) is 17.7 Å². The number of hydrogen-bond acceptors (Lipinski definition) is 7. The molecule has 0 unspecified atom stereocenters. The van der Waals surface area contributed by atoms with Crippen molar-refractivity contribution >= 4 is 23.2 Å². The number of tetrazole rings is 1. The summed E-state index contributed by atoms with van der Waals surface area (Å²) in [4.78, 5) is 22.6. The van der Waals surface area contributed by atoms with Gasteiger partial charge in [-0.15, -0.1) is 5.10 Å². The van der Waals surface area contributed by atoms with Gasteiger partial charge < -0.3 is 0 Å². The highest BCUT2D eigenvalue weighted by Gasteiger charge is 2.20. The number of nitro groups is 1. The highest BCUT2D eigenvalue weighted by atomic mass is 32.2. The van der Waals surface area contributed by atoms with Crippen molar-refractivity contribution in [1.82, 2.24) is 20.2 Å². The summed E-state index contributed by atoms with van der Waals surface area (Å²) in [6.07, 6.45) is 0. The maximum atomic E-state index is 11.4. The maximum Gasteiger partial charge on any atom is 0.284 e. The summed E-state index contributed by atoms with van der Waals surface area (Å²) < 4.78 is 1.51. The van der Waals surface area contributed by atoms with E-state index in [1.54, 1.807) is 6.07 Å². The van der Waals surface area contributed by atoms with Crippen LogP contribution in [-0.4, -0.2) is 30.9 Å². The number of ketones is 1. The summed E-state index contributed by atoms with van der Waals surface area (Å²) in [5.74, 6) is -0.232. The second-order valence-electron chi connectivity index (χ2n) is 5.31. The number of aromatic nitrogens is 4. The Labute approximate surface area is 147 Å². The molecule has 0 N–H and O–H groups in total. The van der Waals surface area contributed by atoms with E-state index in [4.69, 9.17) is 0 Å². The highest BCUT2D eigenvalue weighted by molar-refractivity contribution is 7.99. The molecule has 1 heterocycles. The van der Waals surface area contributed by atoms with Gasteiger partial charge in [0, 0.05) is 11.6 Å². The molecule has 126 valence electrons. The number of hydrogen-bond donors (Lipinski definition) is 0. The third-order valence-corrected chi connectivity index (χ3v) is 4.49. The predicted molar refractivity (Wildman–Crippen MR) is 91.1 cm³/mol. The Balaban J connectivity index is 1.99. The van der Waals surface area contributed by atoms with Crippen LogP contribution in [0.2, 0.25) is 0 Å². The third kappa shape index (κ3) is 3.56. The Morgan fingerprint density at radius 3 is 2.56 bits per heavy atom. The fourth-order valence-corrected chi connectivity index (χ4v) is 3.03. The largest absolute Gasteiger partial charge is 0.295 e. The topological polar surface area (TPSA) is 104 Å². The fraction of sp³-hybridized carbons (Fsp3) is 0.125. The molecule has 0 saturated heterocycles. The molecule has 25 heavy (non-hydrogen) atoms. The molecule has 0 amide bonds. The SMILES string of the molecule is CC(=O)c1ccc(Sc2nnnn2-c2ccc(C)cc2)c([N+](=O)[O-])c1. The molecule has 0 spiro atoms. The lowest BCUT2D eigenvalue weighted by atomic mass is 10.1. The molecule has 0 atom stereocenters. The second kappa shape index (κ2) is 6.81. The first kappa shape index (κ1) is 16.8. The summed E-state index contributed by atoms with van der Waals surface area (Å²) in [6, 6.07) is 11.9. The van der Waals surface area contributed by atoms with Gasteiger partial charge in [-0.3, -0.25) is 14.9 Å². The molecular weight excluding hydrogens is 342 g/mol. The highest BCUT2D eigenvalue weighted by Crippen LogP contribution is 2.35. The Morgan fingerprint density at radius 1 is 1.20 bits per heavy atom. The average molecular weight is 355 g/mol. The zero-order valence-electron chi connectivity index (χ0n) is 13.4. The first-order valence-corrected chi connectivity index (χ1v) is 8.10. The van der Waals surface area contributed by atoms with E-state index >= 15 is 0 Å². The molecule has 0 aliphatic rings. The van der Waals surface area contributed by atoms with Crippen molar-refractivity contribution in [1.29, 1.82) is 0 Å². The Hall–Kier alpha value is -3.07. The van der Waals surface area contributed by atoms with Crippen molar-refractivity contribution in [2.45, 2.75) is 23.9 Å². The standard InChI is InChI=1S/C16H13N5O3S/c1-10-3-6-13(7-4-10)20-16(17-18-19-20)25-15-8-5-12(11(2)22)9-14(15)21(23)24/h3-9H,1-2H3. The lowest BCUT2D eigenvalue weighted by Gasteiger charge is -2.06. The molecule has 0 fully saturated rings. The van der Waals surface area contributed by atoms with E-state index < -0.39 is 4.92 Å². The van der Waals surface area contributed by atoms with Crippen molar-refractivity contribution in [3.63, 3.8) is 0 Å². The molecule has 1 aromatic heterocycles. The van der Waals surface area contributed by atoms with Crippen LogP contribution < -0.4 is 0 Å². The minimum atomic E-state index is -0.519. The monoisotopic (exact) mass is 355 g/mol. The number of rotatable bonds is 5. The van der Waals surface area contributed by atoms with Gasteiger partial charge in [0.15, 0.2) is 5.78 Å². The molecule has 3 rings (SSSR count). The van der Waals surface area contributed by atoms with Crippen LogP contribution >= 0.6 is 11.8 Å². The number of nitro benzene ring substituents is 1. The van der Waals surface area contributed by atoms with Crippen LogP contribution in [0.1, 0.15) is 22.8 Å². The third-order valence-electron chi connectivity index (χ3n) is 3.48. The lowest BCUT2D eigenvalue weighted by molar-refractivity contribution is -0.387. The molecule has 0 bridgehead atoms. The minimum absolute atomic E-state index is 0.156. The second-order valence-corrected chi connectivity index (χ2v) is 6.32. The number of nitrogens with zero attached hydrogens (tertiary/aromatic N) is 5. The Bertz CT molecular complexity index is 953. The van der Waals surface area contributed by atoms with Crippen LogP contribution in [0.25, 0.3) is 5.69 Å². The first-order valence-electron chi connectivity index (χ1n) is 7.28. The van der Waals surface area contributed by atoms with Gasteiger partial charge in [0.1, 0.15) is 0 Å². The van der Waals surface area contributed by atoms with E-state index in [-0.39, 0.29) is 17.0 Å². The molecule has 0 radical (unpaired) electrons. The maximum absolute atomic E-state index is 11.4. The molecule has 0 aliphatic carbocycles. The number of carbonyl (C=O) groups is 1. The molecule has 2 aromatic carbocycles. The Morgan fingerprint density at radius 2 is 1.92 bits per heavy atom. The summed E-state index contributed by atoms with van der Waals surface area (Å²) in [6.45, 7) is 3.34. The van der Waals surface area contributed by atoms with Crippen molar-refractivity contribution in [2.75, 3.05) is 0 Å². The van der Waals surface area contributed by atoms with Crippen LogP contribution in [0.3, 0.4) is 0 Å². The van der Waals surface area contributed by atoms with Crippen LogP contribution in [0.4, 0.5) is 5.69 Å². The minimum Gasteiger partial charge on any atom is -0.295 e. The molecule has 0 aliphatic heterocycles. The summed E-state index contributed by atoms with van der Waals surface area (Å²) in [7, 11) is 0. The van der Waals surface area contributed by atoms with Crippen molar-refractivity contribution in [3.05, 3.63) is 63.7 Å². The van der Waals surface area contributed by atoms with Gasteiger partial charge in [0.25, 0.3) is 5.69 Å². The number of carbonyl (C=O) groups excluding carboxylic acids is 1. The van der Waals surface area contributed by atoms with Crippen LogP contribution in [0.15, 0.2) is 52.5 Å². The first-order chi connectivity index (χ1) is 12.0. The number of aryl methyl sites for hydroxylation is 1. The normalized spacial score (nSPS) is 10.6. The summed E-state index contributed by atoms with van der Waals surface area (Å²) in [5, 5.41) is 23.3. The van der Waals surface area contributed by atoms with Gasteiger partial charge in [-0.25, -0.2) is 0 Å². The van der Waals surface area contributed by atoms with E-state index in [0.29, 0.717) is 10.1 Å². The smallest absolute Gasteiger partial charge is 0.284 e. The number of benzene rings is 2. The van der Waals surface area contributed by atoms with Gasteiger partial charge in [-0.05, 0) is 60.3 Å². The Kier molecular flexibility index (Phi) is 4.57.